The van der Waals surface area contributed by atoms with E-state index in [1.807, 2.05) is 24.3 Å². The molecule has 3 nitrogen and oxygen atoms in total. The first kappa shape index (κ1) is 15.3. The van der Waals surface area contributed by atoms with Crippen molar-refractivity contribution in [3.63, 3.8) is 0 Å². The van der Waals surface area contributed by atoms with Crippen molar-refractivity contribution in [3.05, 3.63) is 29.8 Å². The van der Waals surface area contributed by atoms with Crippen LogP contribution in [0.1, 0.15) is 57.1 Å². The van der Waals surface area contributed by atoms with Crippen LogP contribution in [0, 0.1) is 5.92 Å². The van der Waals surface area contributed by atoms with Crippen molar-refractivity contribution < 1.29 is 14.9 Å². The van der Waals surface area contributed by atoms with Gasteiger partial charge in [0.15, 0.2) is 0 Å². The van der Waals surface area contributed by atoms with Crippen LogP contribution in [0.4, 0.5) is 0 Å². The molecule has 0 saturated heterocycles. The van der Waals surface area contributed by atoms with Gasteiger partial charge < -0.3 is 14.9 Å². The number of benzene rings is 1. The predicted octanol–water partition coefficient (Wildman–Crippen LogP) is 3.45. The summed E-state index contributed by atoms with van der Waals surface area (Å²) in [4.78, 5) is 0. The first-order chi connectivity index (χ1) is 9.70. The minimum absolute atomic E-state index is 0.224. The molecule has 0 amide bonds. The second-order valence-electron chi connectivity index (χ2n) is 5.80. The highest BCUT2D eigenvalue weighted by Crippen LogP contribution is 2.27. The molecule has 0 unspecified atom stereocenters. The fraction of sp³-hybridized carbons (Fsp3) is 0.647. The van der Waals surface area contributed by atoms with E-state index in [4.69, 9.17) is 4.74 Å². The fourth-order valence-electron chi connectivity index (χ4n) is 2.84. The Morgan fingerprint density at radius 3 is 2.85 bits per heavy atom. The monoisotopic (exact) mass is 278 g/mol. The molecule has 0 radical (unpaired) electrons. The van der Waals surface area contributed by atoms with Crippen molar-refractivity contribution in [2.75, 3.05) is 6.61 Å². The van der Waals surface area contributed by atoms with E-state index in [9.17, 15) is 10.2 Å². The van der Waals surface area contributed by atoms with E-state index in [0.29, 0.717) is 6.61 Å². The molecule has 112 valence electrons. The highest BCUT2D eigenvalue weighted by atomic mass is 16.5. The minimum Gasteiger partial charge on any atom is -0.493 e. The molecule has 0 heterocycles. The smallest absolute Gasteiger partial charge is 0.119 e. The third kappa shape index (κ3) is 4.22. The third-order valence-electron chi connectivity index (χ3n) is 4.14. The summed E-state index contributed by atoms with van der Waals surface area (Å²) in [6.07, 6.45) is 5.33. The number of aliphatic hydroxyl groups is 2. The van der Waals surface area contributed by atoms with Gasteiger partial charge in [0.1, 0.15) is 5.75 Å². The van der Waals surface area contributed by atoms with E-state index in [2.05, 4.69) is 6.92 Å². The van der Waals surface area contributed by atoms with E-state index >= 15 is 0 Å². The van der Waals surface area contributed by atoms with Gasteiger partial charge in [0, 0.05) is 5.92 Å². The molecule has 2 N–H and O–H groups in total. The van der Waals surface area contributed by atoms with Crippen LogP contribution < -0.4 is 4.74 Å². The molecular weight excluding hydrogens is 252 g/mol. The first-order valence-corrected chi connectivity index (χ1v) is 7.79. The number of hydrogen-bond acceptors (Lipinski definition) is 3. The third-order valence-corrected chi connectivity index (χ3v) is 4.14. The van der Waals surface area contributed by atoms with Crippen LogP contribution in [0.15, 0.2) is 24.3 Å². The molecule has 0 spiro atoms. The Bertz CT molecular complexity index is 405. The SMILES string of the molecule is CCC[C@@H](O)c1cccc(OC[C@H]2CCCC[C@H]2O)c1. The number of ether oxygens (including phenoxy) is 1. The second kappa shape index (κ2) is 7.65. The molecule has 1 aromatic carbocycles. The molecule has 1 aliphatic carbocycles. The molecule has 1 aromatic rings. The summed E-state index contributed by atoms with van der Waals surface area (Å²) >= 11 is 0. The van der Waals surface area contributed by atoms with E-state index in [-0.39, 0.29) is 12.0 Å². The van der Waals surface area contributed by atoms with E-state index < -0.39 is 6.10 Å². The Labute approximate surface area is 121 Å². The van der Waals surface area contributed by atoms with E-state index in [1.54, 1.807) is 0 Å². The normalized spacial score (nSPS) is 24.4. The first-order valence-electron chi connectivity index (χ1n) is 7.79. The molecule has 3 heteroatoms. The van der Waals surface area contributed by atoms with Gasteiger partial charge in [0.2, 0.25) is 0 Å². The van der Waals surface area contributed by atoms with Gasteiger partial charge in [-0.15, -0.1) is 0 Å². The lowest BCUT2D eigenvalue weighted by molar-refractivity contribution is 0.0421. The van der Waals surface area contributed by atoms with Crippen LogP contribution in [0.25, 0.3) is 0 Å². The quantitative estimate of drug-likeness (QED) is 0.838. The summed E-state index contributed by atoms with van der Waals surface area (Å²) in [6.45, 7) is 2.63. The maximum Gasteiger partial charge on any atom is 0.119 e. The zero-order valence-electron chi connectivity index (χ0n) is 12.3. The van der Waals surface area contributed by atoms with Crippen molar-refractivity contribution in [1.29, 1.82) is 0 Å². The molecule has 0 aromatic heterocycles. The second-order valence-corrected chi connectivity index (χ2v) is 5.80. The Morgan fingerprint density at radius 1 is 1.30 bits per heavy atom. The molecule has 20 heavy (non-hydrogen) atoms. The highest BCUT2D eigenvalue weighted by molar-refractivity contribution is 5.29. The van der Waals surface area contributed by atoms with Gasteiger partial charge in [-0.2, -0.15) is 0 Å². The molecule has 0 aliphatic heterocycles. The molecule has 1 fully saturated rings. The lowest BCUT2D eigenvalue weighted by atomic mass is 9.87. The topological polar surface area (TPSA) is 49.7 Å². The molecule has 1 saturated carbocycles. The summed E-state index contributed by atoms with van der Waals surface area (Å²) in [5.41, 5.74) is 0.911. The zero-order valence-corrected chi connectivity index (χ0v) is 12.3. The van der Waals surface area contributed by atoms with Crippen LogP contribution >= 0.6 is 0 Å². The lowest BCUT2D eigenvalue weighted by Crippen LogP contribution is -2.29. The van der Waals surface area contributed by atoms with Crippen molar-refractivity contribution in [1.82, 2.24) is 0 Å². The Balaban J connectivity index is 1.90. The van der Waals surface area contributed by atoms with E-state index in [1.165, 1.54) is 6.42 Å². The van der Waals surface area contributed by atoms with Crippen molar-refractivity contribution in [2.24, 2.45) is 5.92 Å². The zero-order chi connectivity index (χ0) is 14.4. The lowest BCUT2D eigenvalue weighted by Gasteiger charge is -2.27. The van der Waals surface area contributed by atoms with Gasteiger partial charge in [-0.3, -0.25) is 0 Å². The van der Waals surface area contributed by atoms with Crippen molar-refractivity contribution >= 4 is 0 Å². The minimum atomic E-state index is -0.413. The number of aliphatic hydroxyl groups excluding tert-OH is 2. The number of rotatable bonds is 6. The maximum atomic E-state index is 10.0. The average molecular weight is 278 g/mol. The largest absolute Gasteiger partial charge is 0.493 e. The van der Waals surface area contributed by atoms with Crippen LogP contribution in [-0.2, 0) is 0 Å². The summed E-state index contributed by atoms with van der Waals surface area (Å²) in [7, 11) is 0. The van der Waals surface area contributed by atoms with Crippen LogP contribution in [-0.4, -0.2) is 22.9 Å². The Kier molecular flexibility index (Phi) is 5.86. The Hall–Kier alpha value is -1.06. The van der Waals surface area contributed by atoms with Crippen LogP contribution in [0.5, 0.6) is 5.75 Å². The van der Waals surface area contributed by atoms with Gasteiger partial charge in [0.25, 0.3) is 0 Å². The summed E-state index contributed by atoms with van der Waals surface area (Å²) in [5, 5.41) is 19.9. The number of hydrogen-bond donors (Lipinski definition) is 2. The van der Waals surface area contributed by atoms with Gasteiger partial charge in [-0.1, -0.05) is 38.3 Å². The summed E-state index contributed by atoms with van der Waals surface area (Å²) in [6, 6.07) is 7.68. The van der Waals surface area contributed by atoms with Gasteiger partial charge in [-0.05, 0) is 37.0 Å². The van der Waals surface area contributed by atoms with E-state index in [0.717, 1.165) is 43.4 Å². The molecule has 1 aliphatic rings. The average Bonchev–Trinajstić information content (AvgIpc) is 2.47. The highest BCUT2D eigenvalue weighted by Gasteiger charge is 2.23. The summed E-state index contributed by atoms with van der Waals surface area (Å²) in [5.74, 6) is 1.03. The fourth-order valence-corrected chi connectivity index (χ4v) is 2.84. The van der Waals surface area contributed by atoms with Gasteiger partial charge in [-0.25, -0.2) is 0 Å². The molecule has 3 atom stereocenters. The summed E-state index contributed by atoms with van der Waals surface area (Å²) < 4.78 is 5.81. The maximum absolute atomic E-state index is 10.0. The molecule has 0 bridgehead atoms. The molecular formula is C17H26O3. The van der Waals surface area contributed by atoms with Gasteiger partial charge >= 0.3 is 0 Å². The van der Waals surface area contributed by atoms with Crippen LogP contribution in [0.3, 0.4) is 0 Å². The van der Waals surface area contributed by atoms with Gasteiger partial charge in [0.05, 0.1) is 18.8 Å². The Morgan fingerprint density at radius 2 is 2.10 bits per heavy atom. The van der Waals surface area contributed by atoms with Crippen LogP contribution in [0.2, 0.25) is 0 Å². The molecule has 2 rings (SSSR count). The van der Waals surface area contributed by atoms with Crippen molar-refractivity contribution in [3.8, 4) is 5.75 Å². The standard InChI is InChI=1S/C17H26O3/c1-2-6-16(18)13-8-5-9-15(11-13)20-12-14-7-3-4-10-17(14)19/h5,8-9,11,14,16-19H,2-4,6-7,10,12H2,1H3/t14-,16-,17-/m1/s1. The van der Waals surface area contributed by atoms with Crippen molar-refractivity contribution in [2.45, 2.75) is 57.7 Å². The predicted molar refractivity (Wildman–Crippen MR) is 79.8 cm³/mol.